The van der Waals surface area contributed by atoms with Gasteiger partial charge in [-0.05, 0) is 38.0 Å². The van der Waals surface area contributed by atoms with Gasteiger partial charge in [0.15, 0.2) is 0 Å². The van der Waals surface area contributed by atoms with Gasteiger partial charge in [-0.3, -0.25) is 4.79 Å². The van der Waals surface area contributed by atoms with Crippen molar-refractivity contribution in [2.24, 2.45) is 5.73 Å². The van der Waals surface area contributed by atoms with Crippen molar-refractivity contribution in [2.45, 2.75) is 31.9 Å². The Bertz CT molecular complexity index is 852. The Kier molecular flexibility index (Phi) is 5.58. The van der Waals surface area contributed by atoms with Crippen molar-refractivity contribution in [3.8, 4) is 11.3 Å². The number of carbonyl (C=O) groups excluding carboxylic acids is 1. The van der Waals surface area contributed by atoms with Gasteiger partial charge in [-0.15, -0.1) is 0 Å². The van der Waals surface area contributed by atoms with Gasteiger partial charge in [0, 0.05) is 43.9 Å². The highest BCUT2D eigenvalue weighted by Gasteiger charge is 2.28. The van der Waals surface area contributed by atoms with Gasteiger partial charge >= 0.3 is 0 Å². The Morgan fingerprint density at radius 3 is 2.39 bits per heavy atom. The highest BCUT2D eigenvalue weighted by atomic mass is 16.3. The summed E-state index contributed by atoms with van der Waals surface area (Å²) >= 11 is 0. The Balaban J connectivity index is 1.90. The summed E-state index contributed by atoms with van der Waals surface area (Å²) in [7, 11) is 3.44. The number of benzene rings is 1. The van der Waals surface area contributed by atoms with Crippen LogP contribution in [-0.2, 0) is 6.61 Å². The molecule has 0 aliphatic carbocycles. The standard InChI is InChI=1S/C21H29N5O2/c1-21(23)8-10-26(11-9-21)19-16(22)12-17(24-18(19)13-27)14-4-6-15(7-5-14)20(28)25(2)3/h4-7,12,27H,8-11,13,23H2,1-3H3,(H2,22,24). The first-order chi connectivity index (χ1) is 13.2. The van der Waals surface area contributed by atoms with Gasteiger partial charge in [0.25, 0.3) is 5.91 Å². The van der Waals surface area contributed by atoms with E-state index < -0.39 is 0 Å². The molecule has 7 nitrogen and oxygen atoms in total. The number of aliphatic hydroxyl groups is 1. The molecule has 0 atom stereocenters. The maximum absolute atomic E-state index is 12.1. The number of hydrogen-bond acceptors (Lipinski definition) is 6. The zero-order valence-electron chi connectivity index (χ0n) is 16.8. The monoisotopic (exact) mass is 383 g/mol. The van der Waals surface area contributed by atoms with E-state index in [2.05, 4.69) is 16.8 Å². The molecule has 1 aliphatic rings. The van der Waals surface area contributed by atoms with E-state index >= 15 is 0 Å². The van der Waals surface area contributed by atoms with E-state index in [1.54, 1.807) is 26.2 Å². The number of aliphatic hydroxyl groups excluding tert-OH is 1. The van der Waals surface area contributed by atoms with Gasteiger partial charge < -0.3 is 26.4 Å². The molecular formula is C21H29N5O2. The second-order valence-corrected chi connectivity index (χ2v) is 7.97. The van der Waals surface area contributed by atoms with Crippen LogP contribution in [0.25, 0.3) is 11.3 Å². The number of carbonyl (C=O) groups is 1. The lowest BCUT2D eigenvalue weighted by Crippen LogP contribution is -2.48. The quantitative estimate of drug-likeness (QED) is 0.743. The summed E-state index contributed by atoms with van der Waals surface area (Å²) in [6, 6.07) is 9.07. The molecule has 1 fully saturated rings. The number of pyridine rings is 1. The van der Waals surface area contributed by atoms with E-state index in [0.717, 1.165) is 37.2 Å². The average Bonchev–Trinajstić information content (AvgIpc) is 2.67. The third-order valence-electron chi connectivity index (χ3n) is 5.30. The molecule has 3 rings (SSSR count). The Labute approximate surface area is 166 Å². The van der Waals surface area contributed by atoms with Crippen LogP contribution in [0.5, 0.6) is 0 Å². The number of nitrogens with zero attached hydrogens (tertiary/aromatic N) is 3. The van der Waals surface area contributed by atoms with Crippen molar-refractivity contribution < 1.29 is 9.90 Å². The number of rotatable bonds is 4. The number of nitrogen functional groups attached to an aromatic ring is 1. The molecule has 28 heavy (non-hydrogen) atoms. The maximum atomic E-state index is 12.1. The summed E-state index contributed by atoms with van der Waals surface area (Å²) in [6.45, 7) is 3.44. The van der Waals surface area contributed by atoms with Gasteiger partial charge in [0.1, 0.15) is 0 Å². The molecule has 1 amide bonds. The Morgan fingerprint density at radius 2 is 1.86 bits per heavy atom. The zero-order valence-corrected chi connectivity index (χ0v) is 16.8. The third-order valence-corrected chi connectivity index (χ3v) is 5.30. The molecule has 0 unspecified atom stereocenters. The summed E-state index contributed by atoms with van der Waals surface area (Å²) < 4.78 is 0. The average molecular weight is 383 g/mol. The number of amides is 1. The van der Waals surface area contributed by atoms with E-state index in [9.17, 15) is 9.90 Å². The van der Waals surface area contributed by atoms with Crippen molar-refractivity contribution in [1.29, 1.82) is 0 Å². The fourth-order valence-electron chi connectivity index (χ4n) is 3.52. The topological polar surface area (TPSA) is 109 Å². The molecule has 0 bridgehead atoms. The number of aromatic nitrogens is 1. The molecule has 0 saturated carbocycles. The van der Waals surface area contributed by atoms with Crippen LogP contribution in [0.1, 0.15) is 35.8 Å². The normalized spacial score (nSPS) is 16.1. The second-order valence-electron chi connectivity index (χ2n) is 7.97. The van der Waals surface area contributed by atoms with Crippen LogP contribution >= 0.6 is 0 Å². The first-order valence-electron chi connectivity index (χ1n) is 9.48. The van der Waals surface area contributed by atoms with Crippen molar-refractivity contribution in [3.05, 3.63) is 41.6 Å². The van der Waals surface area contributed by atoms with E-state index in [1.807, 2.05) is 18.2 Å². The van der Waals surface area contributed by atoms with Crippen LogP contribution in [0.2, 0.25) is 0 Å². The smallest absolute Gasteiger partial charge is 0.253 e. The molecule has 2 heterocycles. The predicted molar refractivity (Wildman–Crippen MR) is 112 cm³/mol. The molecule has 0 spiro atoms. The Morgan fingerprint density at radius 1 is 1.25 bits per heavy atom. The molecule has 0 radical (unpaired) electrons. The first kappa shape index (κ1) is 20.1. The van der Waals surface area contributed by atoms with Gasteiger partial charge in [0.2, 0.25) is 0 Å². The SMILES string of the molecule is CN(C)C(=O)c1ccc(-c2cc(N)c(N3CCC(C)(N)CC3)c(CO)n2)cc1. The van der Waals surface area contributed by atoms with E-state index in [0.29, 0.717) is 22.6 Å². The van der Waals surface area contributed by atoms with Crippen LogP contribution in [0.3, 0.4) is 0 Å². The molecular weight excluding hydrogens is 354 g/mol. The summed E-state index contributed by atoms with van der Waals surface area (Å²) in [4.78, 5) is 20.4. The first-order valence-corrected chi connectivity index (χ1v) is 9.48. The second kappa shape index (κ2) is 7.77. The lowest BCUT2D eigenvalue weighted by atomic mass is 9.90. The summed E-state index contributed by atoms with van der Waals surface area (Å²) in [5.74, 6) is -0.0533. The minimum atomic E-state index is -0.193. The fraction of sp³-hybridized carbons (Fsp3) is 0.429. The number of piperidine rings is 1. The van der Waals surface area contributed by atoms with Crippen LogP contribution < -0.4 is 16.4 Å². The minimum Gasteiger partial charge on any atom is -0.397 e. The molecule has 1 aromatic heterocycles. The van der Waals surface area contributed by atoms with Crippen molar-refractivity contribution in [2.75, 3.05) is 37.8 Å². The zero-order chi connectivity index (χ0) is 20.5. The van der Waals surface area contributed by atoms with Gasteiger partial charge in [0.05, 0.1) is 29.4 Å². The molecule has 1 saturated heterocycles. The summed E-state index contributed by atoms with van der Waals surface area (Å²) in [5.41, 5.74) is 16.5. The maximum Gasteiger partial charge on any atom is 0.253 e. The van der Waals surface area contributed by atoms with Crippen molar-refractivity contribution in [1.82, 2.24) is 9.88 Å². The molecule has 7 heteroatoms. The number of anilines is 2. The van der Waals surface area contributed by atoms with Crippen LogP contribution in [0, 0.1) is 0 Å². The van der Waals surface area contributed by atoms with Crippen LogP contribution in [0.4, 0.5) is 11.4 Å². The van der Waals surface area contributed by atoms with E-state index in [1.165, 1.54) is 4.90 Å². The Hall–Kier alpha value is -2.64. The van der Waals surface area contributed by atoms with Gasteiger partial charge in [-0.2, -0.15) is 0 Å². The van der Waals surface area contributed by atoms with Crippen LogP contribution in [0.15, 0.2) is 30.3 Å². The highest BCUT2D eigenvalue weighted by molar-refractivity contribution is 5.94. The predicted octanol–water partition coefficient (Wildman–Crippen LogP) is 1.84. The van der Waals surface area contributed by atoms with E-state index in [-0.39, 0.29) is 18.1 Å². The third kappa shape index (κ3) is 4.10. The molecule has 1 aliphatic heterocycles. The van der Waals surface area contributed by atoms with Crippen molar-refractivity contribution >= 4 is 17.3 Å². The van der Waals surface area contributed by atoms with E-state index in [4.69, 9.17) is 11.5 Å². The summed E-state index contributed by atoms with van der Waals surface area (Å²) in [5, 5.41) is 9.91. The highest BCUT2D eigenvalue weighted by Crippen LogP contribution is 2.34. The van der Waals surface area contributed by atoms with Gasteiger partial charge in [-0.25, -0.2) is 4.98 Å². The lowest BCUT2D eigenvalue weighted by molar-refractivity contribution is 0.0827. The summed E-state index contributed by atoms with van der Waals surface area (Å²) in [6.07, 6.45) is 1.72. The van der Waals surface area contributed by atoms with Crippen molar-refractivity contribution in [3.63, 3.8) is 0 Å². The van der Waals surface area contributed by atoms with Gasteiger partial charge in [-0.1, -0.05) is 12.1 Å². The molecule has 1 aromatic carbocycles. The molecule has 2 aromatic rings. The largest absolute Gasteiger partial charge is 0.397 e. The van der Waals surface area contributed by atoms with Crippen LogP contribution in [-0.4, -0.2) is 53.6 Å². The number of nitrogens with two attached hydrogens (primary N) is 2. The molecule has 5 N–H and O–H groups in total. The lowest BCUT2D eigenvalue weighted by Gasteiger charge is -2.39. The molecule has 150 valence electrons. The number of hydrogen-bond donors (Lipinski definition) is 3. The minimum absolute atomic E-state index is 0.0533. The fourth-order valence-corrected chi connectivity index (χ4v) is 3.52.